The molecule has 33 heavy (non-hydrogen) atoms. The van der Waals surface area contributed by atoms with Gasteiger partial charge < -0.3 is 9.30 Å². The second-order valence-electron chi connectivity index (χ2n) is 7.63. The van der Waals surface area contributed by atoms with Crippen molar-refractivity contribution in [3.63, 3.8) is 0 Å². The van der Waals surface area contributed by atoms with Crippen molar-refractivity contribution in [1.29, 1.82) is 0 Å². The van der Waals surface area contributed by atoms with Gasteiger partial charge in [-0.15, -0.1) is 5.10 Å². The number of aromatic nitrogens is 6. The highest BCUT2D eigenvalue weighted by molar-refractivity contribution is 6.02. The van der Waals surface area contributed by atoms with Gasteiger partial charge in [-0.2, -0.15) is 0 Å². The van der Waals surface area contributed by atoms with Gasteiger partial charge in [-0.05, 0) is 53.1 Å². The Labute approximate surface area is 190 Å². The quantitative estimate of drug-likeness (QED) is 0.394. The van der Waals surface area contributed by atoms with Gasteiger partial charge in [0.2, 0.25) is 0 Å². The lowest BCUT2D eigenvalue weighted by Gasteiger charge is -2.12. The lowest BCUT2D eigenvalue weighted by atomic mass is 9.98. The zero-order chi connectivity index (χ0) is 22.8. The third-order valence-corrected chi connectivity index (χ3v) is 5.59. The molecule has 8 heteroatoms. The number of aromatic amines is 1. The van der Waals surface area contributed by atoms with Gasteiger partial charge in [0.05, 0.1) is 23.2 Å². The number of hydrogen-bond acceptors (Lipinski definition) is 6. The zero-order valence-corrected chi connectivity index (χ0v) is 18.3. The van der Waals surface area contributed by atoms with Gasteiger partial charge in [-0.1, -0.05) is 54.6 Å². The van der Waals surface area contributed by atoms with E-state index in [-0.39, 0.29) is 5.97 Å². The number of benzene rings is 3. The number of carbonyl (C=O) groups excluding carboxylic acids is 1. The highest BCUT2D eigenvalue weighted by Crippen LogP contribution is 2.30. The normalized spacial score (nSPS) is 11.1. The van der Waals surface area contributed by atoms with E-state index in [1.165, 1.54) is 0 Å². The highest BCUT2D eigenvalue weighted by atomic mass is 16.5. The van der Waals surface area contributed by atoms with Crippen LogP contribution >= 0.6 is 0 Å². The number of tetrazole rings is 1. The molecule has 8 nitrogen and oxygen atoms in total. The highest BCUT2D eigenvalue weighted by Gasteiger charge is 2.18. The van der Waals surface area contributed by atoms with Crippen LogP contribution in [0.3, 0.4) is 0 Å². The van der Waals surface area contributed by atoms with Gasteiger partial charge >= 0.3 is 5.97 Å². The van der Waals surface area contributed by atoms with Crippen LogP contribution in [0, 0.1) is 6.92 Å². The van der Waals surface area contributed by atoms with Crippen molar-refractivity contribution in [2.24, 2.45) is 0 Å². The molecule has 3 aromatic carbocycles. The fourth-order valence-electron chi connectivity index (χ4n) is 4.06. The van der Waals surface area contributed by atoms with Crippen LogP contribution in [0.2, 0.25) is 0 Å². The largest absolute Gasteiger partial charge is 0.462 e. The summed E-state index contributed by atoms with van der Waals surface area (Å²) < 4.78 is 7.32. The summed E-state index contributed by atoms with van der Waals surface area (Å²) in [5.41, 5.74) is 6.23. The summed E-state index contributed by atoms with van der Waals surface area (Å²) in [5, 5.41) is 14.3. The van der Waals surface area contributed by atoms with E-state index in [4.69, 9.17) is 4.74 Å². The number of aryl methyl sites for hydroxylation is 1. The van der Waals surface area contributed by atoms with E-state index >= 15 is 0 Å². The van der Waals surface area contributed by atoms with E-state index < -0.39 is 0 Å². The predicted octanol–water partition coefficient (Wildman–Crippen LogP) is 4.42. The molecule has 2 heterocycles. The SMILES string of the molecule is CCOC(=O)c1cccc2nc(C)n(Cc3ccc(-c4ccccc4-c4nnn[nH]4)cc3)c12. The van der Waals surface area contributed by atoms with Crippen molar-refractivity contribution in [3.8, 4) is 22.5 Å². The molecule has 0 atom stereocenters. The van der Waals surface area contributed by atoms with Crippen LogP contribution in [0.4, 0.5) is 0 Å². The van der Waals surface area contributed by atoms with Crippen LogP contribution in [-0.4, -0.2) is 42.8 Å². The molecule has 0 unspecified atom stereocenters. The van der Waals surface area contributed by atoms with Crippen LogP contribution in [0.1, 0.15) is 28.7 Å². The minimum Gasteiger partial charge on any atom is -0.462 e. The smallest absolute Gasteiger partial charge is 0.340 e. The summed E-state index contributed by atoms with van der Waals surface area (Å²) in [6, 6.07) is 21.9. The molecule has 0 amide bonds. The summed E-state index contributed by atoms with van der Waals surface area (Å²) in [6.07, 6.45) is 0. The second kappa shape index (κ2) is 8.66. The maximum Gasteiger partial charge on any atom is 0.340 e. The lowest BCUT2D eigenvalue weighted by Crippen LogP contribution is -2.09. The molecule has 0 aliphatic heterocycles. The molecule has 2 aromatic heterocycles. The molecular formula is C25H22N6O2. The molecule has 5 rings (SSSR count). The van der Waals surface area contributed by atoms with Gasteiger partial charge in [0, 0.05) is 12.1 Å². The summed E-state index contributed by atoms with van der Waals surface area (Å²) in [6.45, 7) is 4.67. The first-order valence-electron chi connectivity index (χ1n) is 10.7. The van der Waals surface area contributed by atoms with Crippen LogP contribution in [-0.2, 0) is 11.3 Å². The number of hydrogen-bond donors (Lipinski definition) is 1. The number of imidazole rings is 1. The van der Waals surface area contributed by atoms with Crippen molar-refractivity contribution in [2.75, 3.05) is 6.61 Å². The molecule has 0 bridgehead atoms. The van der Waals surface area contributed by atoms with E-state index in [9.17, 15) is 4.79 Å². The number of nitrogens with zero attached hydrogens (tertiary/aromatic N) is 5. The number of H-pyrrole nitrogens is 1. The molecule has 0 fully saturated rings. The van der Waals surface area contributed by atoms with E-state index in [2.05, 4.69) is 54.4 Å². The summed E-state index contributed by atoms with van der Waals surface area (Å²) in [7, 11) is 0. The van der Waals surface area contributed by atoms with Crippen molar-refractivity contribution in [2.45, 2.75) is 20.4 Å². The minimum atomic E-state index is -0.335. The van der Waals surface area contributed by atoms with Crippen LogP contribution in [0.15, 0.2) is 66.7 Å². The van der Waals surface area contributed by atoms with Gasteiger partial charge in [0.25, 0.3) is 0 Å². The Morgan fingerprint density at radius 2 is 1.79 bits per heavy atom. The Bertz CT molecular complexity index is 1420. The van der Waals surface area contributed by atoms with Crippen molar-refractivity contribution < 1.29 is 9.53 Å². The third-order valence-electron chi connectivity index (χ3n) is 5.59. The molecule has 0 saturated heterocycles. The Kier molecular flexibility index (Phi) is 5.40. The molecule has 164 valence electrons. The Hall–Kier alpha value is -4.33. The van der Waals surface area contributed by atoms with Crippen LogP contribution < -0.4 is 0 Å². The van der Waals surface area contributed by atoms with E-state index in [1.807, 2.05) is 43.3 Å². The average molecular weight is 438 g/mol. The number of nitrogens with one attached hydrogen (secondary N) is 1. The number of para-hydroxylation sites is 1. The van der Waals surface area contributed by atoms with E-state index in [1.54, 1.807) is 13.0 Å². The Morgan fingerprint density at radius 1 is 1.00 bits per heavy atom. The predicted molar refractivity (Wildman–Crippen MR) is 125 cm³/mol. The van der Waals surface area contributed by atoms with Crippen molar-refractivity contribution in [3.05, 3.63) is 83.7 Å². The standard InChI is InChI=1S/C25H22N6O2/c1-3-33-25(32)21-9-6-10-22-23(21)31(16(2)26-22)15-17-11-13-18(14-12-17)19-7-4-5-8-20(19)24-27-29-30-28-24/h4-14H,3,15H2,1-2H3,(H,27,28,29,30). The van der Waals surface area contributed by atoms with E-state index in [0.29, 0.717) is 24.5 Å². The van der Waals surface area contributed by atoms with Gasteiger partial charge in [-0.25, -0.2) is 14.9 Å². The summed E-state index contributed by atoms with van der Waals surface area (Å²) in [4.78, 5) is 17.2. The number of rotatable bonds is 6. The first-order chi connectivity index (χ1) is 16.2. The van der Waals surface area contributed by atoms with Gasteiger partial charge in [-0.3, -0.25) is 0 Å². The monoisotopic (exact) mass is 438 g/mol. The number of fused-ring (bicyclic) bond motifs is 1. The topological polar surface area (TPSA) is 98.6 Å². The van der Waals surface area contributed by atoms with E-state index in [0.717, 1.165) is 39.1 Å². The minimum absolute atomic E-state index is 0.329. The Morgan fingerprint density at radius 3 is 2.52 bits per heavy atom. The first-order valence-corrected chi connectivity index (χ1v) is 10.7. The molecule has 0 spiro atoms. The average Bonchev–Trinajstić information content (AvgIpc) is 3.48. The molecule has 0 radical (unpaired) electrons. The molecule has 5 aromatic rings. The molecule has 0 aliphatic carbocycles. The fourth-order valence-corrected chi connectivity index (χ4v) is 4.06. The van der Waals surface area contributed by atoms with Crippen LogP contribution in [0.5, 0.6) is 0 Å². The zero-order valence-electron chi connectivity index (χ0n) is 18.3. The Balaban J connectivity index is 1.49. The molecule has 0 aliphatic rings. The molecule has 1 N–H and O–H groups in total. The number of carbonyl (C=O) groups is 1. The van der Waals surface area contributed by atoms with Gasteiger partial charge in [0.15, 0.2) is 5.82 Å². The third kappa shape index (κ3) is 3.87. The summed E-state index contributed by atoms with van der Waals surface area (Å²) >= 11 is 0. The number of esters is 1. The fraction of sp³-hybridized carbons (Fsp3) is 0.160. The van der Waals surface area contributed by atoms with Crippen molar-refractivity contribution >= 4 is 17.0 Å². The molecular weight excluding hydrogens is 416 g/mol. The van der Waals surface area contributed by atoms with Crippen LogP contribution in [0.25, 0.3) is 33.5 Å². The van der Waals surface area contributed by atoms with Gasteiger partial charge in [0.1, 0.15) is 5.82 Å². The maximum atomic E-state index is 12.5. The van der Waals surface area contributed by atoms with Crippen molar-refractivity contribution in [1.82, 2.24) is 30.2 Å². The summed E-state index contributed by atoms with van der Waals surface area (Å²) in [5.74, 6) is 1.13. The maximum absolute atomic E-state index is 12.5. The number of ether oxygens (including phenoxy) is 1. The lowest BCUT2D eigenvalue weighted by molar-refractivity contribution is 0.0528. The second-order valence-corrected chi connectivity index (χ2v) is 7.63. The molecule has 0 saturated carbocycles. The first kappa shape index (κ1) is 20.6.